The van der Waals surface area contributed by atoms with Gasteiger partial charge in [0, 0.05) is 13.5 Å². The lowest BCUT2D eigenvalue weighted by molar-refractivity contribution is -0.107. The highest BCUT2D eigenvalue weighted by Crippen LogP contribution is 2.54. The molecule has 13 heavy (non-hydrogen) atoms. The summed E-state index contributed by atoms with van der Waals surface area (Å²) in [5.74, 6) is 0.542. The highest BCUT2D eigenvalue weighted by molar-refractivity contribution is 5.08. The molecule has 2 nitrogen and oxygen atoms in total. The van der Waals surface area contributed by atoms with Gasteiger partial charge in [-0.1, -0.05) is 13.3 Å². The summed E-state index contributed by atoms with van der Waals surface area (Å²) in [6, 6.07) is 0. The van der Waals surface area contributed by atoms with E-state index in [4.69, 9.17) is 4.74 Å². The Bertz CT molecular complexity index is 193. The van der Waals surface area contributed by atoms with Crippen molar-refractivity contribution in [3.05, 3.63) is 0 Å². The minimum atomic E-state index is -0.370. The van der Waals surface area contributed by atoms with Gasteiger partial charge in [-0.15, -0.1) is 0 Å². The van der Waals surface area contributed by atoms with E-state index in [1.165, 1.54) is 6.42 Å². The topological polar surface area (TPSA) is 29.5 Å². The van der Waals surface area contributed by atoms with Crippen LogP contribution in [0.15, 0.2) is 0 Å². The minimum absolute atomic E-state index is 0.0403. The number of rotatable bonds is 4. The summed E-state index contributed by atoms with van der Waals surface area (Å²) in [6.45, 7) is 2.16. The van der Waals surface area contributed by atoms with Gasteiger partial charge in [0.05, 0.1) is 11.2 Å². The monoisotopic (exact) mass is 184 g/mol. The maximum atomic E-state index is 10.1. The van der Waals surface area contributed by atoms with Crippen LogP contribution in [0.25, 0.3) is 0 Å². The van der Waals surface area contributed by atoms with E-state index in [-0.39, 0.29) is 11.2 Å². The second kappa shape index (κ2) is 2.96. The van der Waals surface area contributed by atoms with Crippen LogP contribution < -0.4 is 0 Å². The van der Waals surface area contributed by atoms with Gasteiger partial charge < -0.3 is 9.84 Å². The van der Waals surface area contributed by atoms with E-state index in [1.54, 1.807) is 7.11 Å². The first-order valence-corrected chi connectivity index (χ1v) is 5.42. The second-order valence-electron chi connectivity index (χ2n) is 4.83. The van der Waals surface area contributed by atoms with Crippen LogP contribution >= 0.6 is 0 Å². The largest absolute Gasteiger partial charge is 0.389 e. The van der Waals surface area contributed by atoms with Crippen LogP contribution in [0.4, 0.5) is 0 Å². The van der Waals surface area contributed by atoms with Crippen LogP contribution in [-0.2, 0) is 4.74 Å². The normalized spacial score (nSPS) is 41.3. The van der Waals surface area contributed by atoms with Crippen molar-refractivity contribution >= 4 is 0 Å². The zero-order chi connectivity index (χ0) is 9.53. The van der Waals surface area contributed by atoms with Crippen LogP contribution in [0, 0.1) is 5.92 Å². The smallest absolute Gasteiger partial charge is 0.0707 e. The molecule has 0 aromatic rings. The third-order valence-electron chi connectivity index (χ3n) is 4.02. The molecular formula is C11H20O2. The van der Waals surface area contributed by atoms with Gasteiger partial charge in [-0.25, -0.2) is 0 Å². The Morgan fingerprint density at radius 3 is 2.46 bits per heavy atom. The lowest BCUT2D eigenvalue weighted by atomic mass is 9.75. The summed E-state index contributed by atoms with van der Waals surface area (Å²) >= 11 is 0. The Hall–Kier alpha value is -0.0800. The van der Waals surface area contributed by atoms with Gasteiger partial charge in [-0.05, 0) is 31.6 Å². The maximum Gasteiger partial charge on any atom is 0.0707 e. The fourth-order valence-electron chi connectivity index (χ4n) is 2.69. The van der Waals surface area contributed by atoms with Crippen molar-refractivity contribution in [2.45, 2.75) is 56.7 Å². The molecule has 2 fully saturated rings. The van der Waals surface area contributed by atoms with Crippen molar-refractivity contribution in [1.29, 1.82) is 0 Å². The lowest BCUT2D eigenvalue weighted by Gasteiger charge is -2.42. The molecular weight excluding hydrogens is 164 g/mol. The third-order valence-corrected chi connectivity index (χ3v) is 4.02. The van der Waals surface area contributed by atoms with E-state index in [0.717, 1.165) is 32.1 Å². The summed E-state index contributed by atoms with van der Waals surface area (Å²) in [5, 5.41) is 10.1. The Morgan fingerprint density at radius 2 is 2.15 bits per heavy atom. The van der Waals surface area contributed by atoms with Crippen molar-refractivity contribution in [3.8, 4) is 0 Å². The maximum absolute atomic E-state index is 10.1. The Balaban J connectivity index is 1.90. The summed E-state index contributed by atoms with van der Waals surface area (Å²) < 4.78 is 5.52. The van der Waals surface area contributed by atoms with E-state index >= 15 is 0 Å². The Labute approximate surface area is 80.3 Å². The van der Waals surface area contributed by atoms with E-state index in [9.17, 15) is 5.11 Å². The molecule has 2 heteroatoms. The van der Waals surface area contributed by atoms with Gasteiger partial charge in [0.15, 0.2) is 0 Å². The molecule has 0 aromatic carbocycles. The number of hydrogen-bond donors (Lipinski definition) is 1. The molecule has 0 aromatic heterocycles. The van der Waals surface area contributed by atoms with Crippen LogP contribution in [0.1, 0.15) is 45.4 Å². The number of ether oxygens (including phenoxy) is 1. The molecule has 0 spiro atoms. The summed E-state index contributed by atoms with van der Waals surface area (Å²) in [4.78, 5) is 0. The molecule has 2 saturated carbocycles. The summed E-state index contributed by atoms with van der Waals surface area (Å²) in [6.07, 6.45) is 6.52. The van der Waals surface area contributed by atoms with Gasteiger partial charge in [0.25, 0.3) is 0 Å². The molecule has 0 aliphatic heterocycles. The number of aliphatic hydroxyl groups is 1. The van der Waals surface area contributed by atoms with Crippen molar-refractivity contribution in [1.82, 2.24) is 0 Å². The molecule has 2 aliphatic rings. The van der Waals surface area contributed by atoms with E-state index < -0.39 is 0 Å². The van der Waals surface area contributed by atoms with Crippen LogP contribution in [0.2, 0.25) is 0 Å². The molecule has 0 heterocycles. The lowest BCUT2D eigenvalue weighted by Crippen LogP contribution is -2.43. The van der Waals surface area contributed by atoms with Crippen LogP contribution in [-0.4, -0.2) is 23.4 Å². The zero-order valence-corrected chi connectivity index (χ0v) is 8.68. The van der Waals surface area contributed by atoms with E-state index in [1.807, 2.05) is 0 Å². The fourth-order valence-corrected chi connectivity index (χ4v) is 2.69. The first kappa shape index (κ1) is 9.47. The molecule has 1 N–H and O–H groups in total. The van der Waals surface area contributed by atoms with Gasteiger partial charge >= 0.3 is 0 Å². The van der Waals surface area contributed by atoms with Crippen LogP contribution in [0.5, 0.6) is 0 Å². The fraction of sp³-hybridized carbons (Fsp3) is 1.00. The van der Waals surface area contributed by atoms with Gasteiger partial charge in [0.1, 0.15) is 0 Å². The quantitative estimate of drug-likeness (QED) is 0.725. The molecule has 2 rings (SSSR count). The highest BCUT2D eigenvalue weighted by atomic mass is 16.5. The average Bonchev–Trinajstić information content (AvgIpc) is 2.70. The van der Waals surface area contributed by atoms with E-state index in [2.05, 4.69) is 6.92 Å². The van der Waals surface area contributed by atoms with Gasteiger partial charge in [-0.3, -0.25) is 0 Å². The molecule has 0 saturated heterocycles. The SMILES string of the molecule is CCC1CC1(O)CC1(OC)CCC1. The molecule has 2 unspecified atom stereocenters. The molecule has 76 valence electrons. The highest BCUT2D eigenvalue weighted by Gasteiger charge is 2.56. The minimum Gasteiger partial charge on any atom is -0.389 e. The molecule has 0 radical (unpaired) electrons. The van der Waals surface area contributed by atoms with Gasteiger partial charge in [-0.2, -0.15) is 0 Å². The van der Waals surface area contributed by atoms with Crippen molar-refractivity contribution in [2.24, 2.45) is 5.92 Å². The number of methoxy groups -OCH3 is 1. The summed E-state index contributed by atoms with van der Waals surface area (Å²) in [5.41, 5.74) is -0.330. The first-order valence-electron chi connectivity index (χ1n) is 5.42. The standard InChI is InChI=1S/C11H20O2/c1-3-9-7-11(9,12)8-10(13-2)5-4-6-10/h9,12H,3-8H2,1-2H3. The van der Waals surface area contributed by atoms with Gasteiger partial charge in [0.2, 0.25) is 0 Å². The Morgan fingerprint density at radius 1 is 1.46 bits per heavy atom. The van der Waals surface area contributed by atoms with E-state index in [0.29, 0.717) is 5.92 Å². The predicted molar refractivity (Wildman–Crippen MR) is 51.6 cm³/mol. The second-order valence-corrected chi connectivity index (χ2v) is 4.83. The van der Waals surface area contributed by atoms with Crippen molar-refractivity contribution < 1.29 is 9.84 Å². The van der Waals surface area contributed by atoms with Crippen molar-refractivity contribution in [2.75, 3.05) is 7.11 Å². The summed E-state index contributed by atoms with van der Waals surface area (Å²) in [7, 11) is 1.78. The third kappa shape index (κ3) is 1.50. The first-order chi connectivity index (χ1) is 6.14. The van der Waals surface area contributed by atoms with Crippen molar-refractivity contribution in [3.63, 3.8) is 0 Å². The van der Waals surface area contributed by atoms with Crippen LogP contribution in [0.3, 0.4) is 0 Å². The molecule has 2 aliphatic carbocycles. The number of hydrogen-bond acceptors (Lipinski definition) is 2. The molecule has 0 bridgehead atoms. The average molecular weight is 184 g/mol. The Kier molecular flexibility index (Phi) is 2.16. The zero-order valence-electron chi connectivity index (χ0n) is 8.68. The predicted octanol–water partition coefficient (Wildman–Crippen LogP) is 2.11. The molecule has 0 amide bonds. The molecule has 2 atom stereocenters.